The maximum Gasteiger partial charge on any atom is 0.250 e. The maximum absolute atomic E-state index is 12.3. The zero-order valence-electron chi connectivity index (χ0n) is 17.1. The van der Waals surface area contributed by atoms with Crippen molar-refractivity contribution < 1.29 is 15.0 Å². The summed E-state index contributed by atoms with van der Waals surface area (Å²) in [5.41, 5.74) is 4.47. The summed E-state index contributed by atoms with van der Waals surface area (Å²) in [6, 6.07) is 21.0. The summed E-state index contributed by atoms with van der Waals surface area (Å²) in [6.45, 7) is 0. The average Bonchev–Trinajstić information content (AvgIpc) is 3.24. The molecule has 0 atom stereocenters. The molecule has 1 heterocycles. The molecule has 0 aliphatic carbocycles. The zero-order chi connectivity index (χ0) is 23.2. The number of nitrogens with zero attached hydrogens (tertiary/aromatic N) is 4. The number of para-hydroxylation sites is 1. The molecule has 0 radical (unpaired) electrons. The van der Waals surface area contributed by atoms with Crippen LogP contribution >= 0.6 is 23.4 Å². The van der Waals surface area contributed by atoms with E-state index >= 15 is 0 Å². The number of nitrogens with one attached hydrogen (secondary N) is 1. The van der Waals surface area contributed by atoms with Crippen molar-refractivity contribution >= 4 is 35.5 Å². The Bertz CT molecular complexity index is 1290. The maximum atomic E-state index is 12.3. The summed E-state index contributed by atoms with van der Waals surface area (Å²) in [7, 11) is 0. The number of benzene rings is 3. The number of rotatable bonds is 7. The van der Waals surface area contributed by atoms with Gasteiger partial charge in [0, 0.05) is 27.9 Å². The van der Waals surface area contributed by atoms with Crippen LogP contribution in [0.3, 0.4) is 0 Å². The van der Waals surface area contributed by atoms with E-state index in [1.165, 1.54) is 36.2 Å². The number of thioether (sulfide) groups is 1. The van der Waals surface area contributed by atoms with Gasteiger partial charge in [0.2, 0.25) is 0 Å². The molecule has 8 nitrogen and oxygen atoms in total. The Morgan fingerprint density at radius 2 is 1.82 bits per heavy atom. The van der Waals surface area contributed by atoms with Gasteiger partial charge in [0.1, 0.15) is 11.5 Å². The fourth-order valence-electron chi connectivity index (χ4n) is 2.94. The molecule has 0 saturated heterocycles. The van der Waals surface area contributed by atoms with E-state index in [0.29, 0.717) is 21.6 Å². The molecule has 0 aliphatic heterocycles. The SMILES string of the molecule is O=C(CSc1nnc(-c2ccc(Cl)cc2)n1-c1ccccc1)NN=Cc1ccc(O)cc1O. The second kappa shape index (κ2) is 10.2. The van der Waals surface area contributed by atoms with E-state index in [2.05, 4.69) is 20.7 Å². The van der Waals surface area contributed by atoms with E-state index in [1.807, 2.05) is 47.0 Å². The highest BCUT2D eigenvalue weighted by molar-refractivity contribution is 7.99. The van der Waals surface area contributed by atoms with Crippen molar-refractivity contribution in [2.45, 2.75) is 5.16 Å². The van der Waals surface area contributed by atoms with E-state index in [1.54, 1.807) is 12.1 Å². The molecule has 0 fully saturated rings. The number of aromatic hydroxyl groups is 2. The van der Waals surface area contributed by atoms with Gasteiger partial charge in [-0.1, -0.05) is 41.6 Å². The molecule has 166 valence electrons. The molecule has 3 N–H and O–H groups in total. The van der Waals surface area contributed by atoms with Crippen LogP contribution in [0.5, 0.6) is 11.5 Å². The summed E-state index contributed by atoms with van der Waals surface area (Å²) < 4.78 is 1.87. The first-order valence-corrected chi connectivity index (χ1v) is 11.1. The lowest BCUT2D eigenvalue weighted by atomic mass is 10.2. The monoisotopic (exact) mass is 479 g/mol. The van der Waals surface area contributed by atoms with Crippen molar-refractivity contribution in [3.8, 4) is 28.6 Å². The van der Waals surface area contributed by atoms with Crippen molar-refractivity contribution in [2.24, 2.45) is 5.10 Å². The molecule has 4 aromatic rings. The first-order chi connectivity index (χ1) is 16.0. The van der Waals surface area contributed by atoms with Crippen molar-refractivity contribution in [1.29, 1.82) is 0 Å². The summed E-state index contributed by atoms with van der Waals surface area (Å²) in [6.07, 6.45) is 1.29. The fourth-order valence-corrected chi connectivity index (χ4v) is 3.81. The van der Waals surface area contributed by atoms with Crippen molar-refractivity contribution in [2.75, 3.05) is 5.75 Å². The van der Waals surface area contributed by atoms with Crippen molar-refractivity contribution in [3.63, 3.8) is 0 Å². The molecule has 0 unspecified atom stereocenters. The third-order valence-corrected chi connectivity index (χ3v) is 5.67. The molecule has 10 heteroatoms. The molecule has 0 spiro atoms. The number of hydrogen-bond donors (Lipinski definition) is 3. The number of carbonyl (C=O) groups excluding carboxylic acids is 1. The van der Waals surface area contributed by atoms with Crippen LogP contribution in [0.1, 0.15) is 5.56 Å². The Morgan fingerprint density at radius 1 is 1.06 bits per heavy atom. The average molecular weight is 480 g/mol. The third-order valence-electron chi connectivity index (χ3n) is 4.49. The minimum absolute atomic E-state index is 0.0461. The standard InChI is InChI=1S/C23H18ClN5O3S/c24-17-9-6-15(7-10-17)22-27-28-23(29(22)18-4-2-1-3-5-18)33-14-21(32)26-25-13-16-8-11-19(30)12-20(16)31/h1-13,30-31H,14H2,(H,26,32). The van der Waals surface area contributed by atoms with Crippen LogP contribution in [0, 0.1) is 0 Å². The number of phenols is 2. The number of phenolic OH excluding ortho intramolecular Hbond substituents is 2. The van der Waals surface area contributed by atoms with E-state index in [-0.39, 0.29) is 23.2 Å². The van der Waals surface area contributed by atoms with Gasteiger partial charge in [-0.3, -0.25) is 9.36 Å². The quantitative estimate of drug-likeness (QED) is 0.207. The van der Waals surface area contributed by atoms with Gasteiger partial charge in [0.15, 0.2) is 11.0 Å². The number of halogens is 1. The fraction of sp³-hybridized carbons (Fsp3) is 0.0435. The summed E-state index contributed by atoms with van der Waals surface area (Å²) >= 11 is 7.23. The Balaban J connectivity index is 1.49. The smallest absolute Gasteiger partial charge is 0.250 e. The van der Waals surface area contributed by atoms with Crippen LogP contribution < -0.4 is 5.43 Å². The second-order valence-corrected chi connectivity index (χ2v) is 8.19. The summed E-state index contributed by atoms with van der Waals surface area (Å²) in [5.74, 6) is 0.107. The van der Waals surface area contributed by atoms with Crippen molar-refractivity contribution in [3.05, 3.63) is 83.4 Å². The molecule has 33 heavy (non-hydrogen) atoms. The topological polar surface area (TPSA) is 113 Å². The van der Waals surface area contributed by atoms with Gasteiger partial charge in [-0.15, -0.1) is 10.2 Å². The number of carbonyl (C=O) groups is 1. The molecule has 0 bridgehead atoms. The molecular formula is C23H18ClN5O3S. The predicted octanol–water partition coefficient (Wildman–Crippen LogP) is 4.24. The van der Waals surface area contributed by atoms with Gasteiger partial charge in [0.05, 0.1) is 12.0 Å². The first kappa shape index (κ1) is 22.4. The lowest BCUT2D eigenvalue weighted by Crippen LogP contribution is -2.20. The van der Waals surface area contributed by atoms with Crippen LogP contribution in [0.4, 0.5) is 0 Å². The largest absolute Gasteiger partial charge is 0.508 e. The van der Waals surface area contributed by atoms with Crippen LogP contribution in [0.2, 0.25) is 5.02 Å². The van der Waals surface area contributed by atoms with Crippen molar-refractivity contribution in [1.82, 2.24) is 20.2 Å². The normalized spacial score (nSPS) is 11.1. The van der Waals surface area contributed by atoms with Crippen LogP contribution in [-0.2, 0) is 4.79 Å². The molecular weight excluding hydrogens is 462 g/mol. The highest BCUT2D eigenvalue weighted by Gasteiger charge is 2.17. The van der Waals surface area contributed by atoms with Gasteiger partial charge in [-0.2, -0.15) is 5.10 Å². The predicted molar refractivity (Wildman–Crippen MR) is 128 cm³/mol. The molecule has 1 amide bonds. The van der Waals surface area contributed by atoms with Gasteiger partial charge in [-0.05, 0) is 48.5 Å². The minimum atomic E-state index is -0.356. The Morgan fingerprint density at radius 3 is 2.55 bits per heavy atom. The number of aromatic nitrogens is 3. The lowest BCUT2D eigenvalue weighted by molar-refractivity contribution is -0.118. The Hall–Kier alpha value is -3.82. The molecule has 0 saturated carbocycles. The molecule has 4 rings (SSSR count). The molecule has 1 aromatic heterocycles. The van der Waals surface area contributed by atoms with Gasteiger partial charge < -0.3 is 10.2 Å². The molecule has 3 aromatic carbocycles. The number of amides is 1. The Kier molecular flexibility index (Phi) is 6.92. The first-order valence-electron chi connectivity index (χ1n) is 9.75. The summed E-state index contributed by atoms with van der Waals surface area (Å²) in [4.78, 5) is 12.3. The Labute approximate surface area is 198 Å². The summed E-state index contributed by atoms with van der Waals surface area (Å²) in [5, 5.41) is 32.7. The second-order valence-electron chi connectivity index (χ2n) is 6.81. The zero-order valence-corrected chi connectivity index (χ0v) is 18.7. The lowest BCUT2D eigenvalue weighted by Gasteiger charge is -2.10. The van der Waals surface area contributed by atoms with Crippen LogP contribution in [-0.4, -0.2) is 42.9 Å². The van der Waals surface area contributed by atoms with Crippen LogP contribution in [0.15, 0.2) is 83.1 Å². The minimum Gasteiger partial charge on any atom is -0.508 e. The highest BCUT2D eigenvalue weighted by Crippen LogP contribution is 2.28. The molecule has 0 aliphatic rings. The van der Waals surface area contributed by atoms with E-state index in [9.17, 15) is 15.0 Å². The third kappa shape index (κ3) is 5.51. The van der Waals surface area contributed by atoms with Gasteiger partial charge >= 0.3 is 0 Å². The van der Waals surface area contributed by atoms with Gasteiger partial charge in [0.25, 0.3) is 5.91 Å². The van der Waals surface area contributed by atoms with E-state index < -0.39 is 0 Å². The number of hydrogen-bond acceptors (Lipinski definition) is 7. The highest BCUT2D eigenvalue weighted by atomic mass is 35.5. The van der Waals surface area contributed by atoms with E-state index in [4.69, 9.17) is 11.6 Å². The van der Waals surface area contributed by atoms with E-state index in [0.717, 1.165) is 11.3 Å². The number of hydrazone groups is 1. The van der Waals surface area contributed by atoms with Crippen LogP contribution in [0.25, 0.3) is 17.1 Å². The van der Waals surface area contributed by atoms with Gasteiger partial charge in [-0.25, -0.2) is 5.43 Å².